The van der Waals surface area contributed by atoms with Gasteiger partial charge in [-0.25, -0.2) is 0 Å². The zero-order valence-electron chi connectivity index (χ0n) is 21.7. The normalized spacial score (nSPS) is 12.0. The molecule has 0 fully saturated rings. The molecule has 0 aliphatic rings. The maximum Gasteiger partial charge on any atom is 0.234 e. The lowest BCUT2D eigenvalue weighted by Gasteiger charge is -2.20. The van der Waals surface area contributed by atoms with Gasteiger partial charge in [-0.3, -0.25) is 9.59 Å². The van der Waals surface area contributed by atoms with Crippen LogP contribution in [0.3, 0.4) is 0 Å². The molecule has 1 atom stereocenters. The van der Waals surface area contributed by atoms with E-state index in [2.05, 4.69) is 54.6 Å². The second-order valence-electron chi connectivity index (χ2n) is 9.39. The number of aromatic nitrogens is 3. The Kier molecular flexibility index (Phi) is 9.52. The van der Waals surface area contributed by atoms with E-state index in [1.807, 2.05) is 29.7 Å². The van der Waals surface area contributed by atoms with Gasteiger partial charge in [-0.05, 0) is 54.7 Å². The number of rotatable bonds is 11. The van der Waals surface area contributed by atoms with Crippen molar-refractivity contribution in [2.75, 3.05) is 16.4 Å². The summed E-state index contributed by atoms with van der Waals surface area (Å²) < 4.78 is 8.38. The van der Waals surface area contributed by atoms with Crippen LogP contribution in [0.25, 0.3) is 0 Å². The third kappa shape index (κ3) is 7.58. The van der Waals surface area contributed by atoms with Crippen molar-refractivity contribution >= 4 is 35.0 Å². The molecule has 9 heteroatoms. The SMILES string of the molecule is CC(=O)Nc1ccc(NC(=O)CSc2nnc(C(C)Oc3ccccc3C(C)C)n2CC(C)C)cc1. The molecule has 3 rings (SSSR count). The molecule has 8 nitrogen and oxygen atoms in total. The van der Waals surface area contributed by atoms with E-state index in [9.17, 15) is 9.59 Å². The number of para-hydroxylation sites is 1. The number of benzene rings is 2. The van der Waals surface area contributed by atoms with Gasteiger partial charge < -0.3 is 19.9 Å². The van der Waals surface area contributed by atoms with Gasteiger partial charge in [0.2, 0.25) is 11.8 Å². The lowest BCUT2D eigenvalue weighted by molar-refractivity contribution is -0.114. The largest absolute Gasteiger partial charge is 0.482 e. The van der Waals surface area contributed by atoms with Crippen LogP contribution in [0.1, 0.15) is 65.0 Å². The molecule has 1 unspecified atom stereocenters. The molecule has 0 aliphatic carbocycles. The summed E-state index contributed by atoms with van der Waals surface area (Å²) in [6.45, 7) is 12.7. The molecule has 36 heavy (non-hydrogen) atoms. The van der Waals surface area contributed by atoms with Crippen molar-refractivity contribution in [2.24, 2.45) is 5.92 Å². The van der Waals surface area contributed by atoms with Crippen LogP contribution < -0.4 is 15.4 Å². The molecule has 2 N–H and O–H groups in total. The first kappa shape index (κ1) is 27.3. The minimum Gasteiger partial charge on any atom is -0.482 e. The molecular formula is C27H35N5O3S. The summed E-state index contributed by atoms with van der Waals surface area (Å²) in [5.41, 5.74) is 2.48. The Balaban J connectivity index is 1.68. The fourth-order valence-corrected chi connectivity index (χ4v) is 4.47. The molecule has 1 aromatic heterocycles. The Morgan fingerprint density at radius 3 is 2.19 bits per heavy atom. The summed E-state index contributed by atoms with van der Waals surface area (Å²) in [5.74, 6) is 2.18. The van der Waals surface area contributed by atoms with E-state index in [0.717, 1.165) is 23.7 Å². The van der Waals surface area contributed by atoms with E-state index in [4.69, 9.17) is 4.74 Å². The van der Waals surface area contributed by atoms with Gasteiger partial charge in [0, 0.05) is 24.8 Å². The minimum absolute atomic E-state index is 0.142. The molecule has 0 saturated heterocycles. The molecule has 2 aromatic carbocycles. The first-order valence-electron chi connectivity index (χ1n) is 12.1. The topological polar surface area (TPSA) is 98.1 Å². The number of thioether (sulfide) groups is 1. The maximum absolute atomic E-state index is 12.6. The van der Waals surface area contributed by atoms with Gasteiger partial charge in [0.15, 0.2) is 17.1 Å². The van der Waals surface area contributed by atoms with Crippen LogP contribution in [0.15, 0.2) is 53.7 Å². The maximum atomic E-state index is 12.6. The Bertz CT molecular complexity index is 1170. The summed E-state index contributed by atoms with van der Waals surface area (Å²) in [5, 5.41) is 15.1. The van der Waals surface area contributed by atoms with Gasteiger partial charge in [0.25, 0.3) is 0 Å². The van der Waals surface area contributed by atoms with E-state index in [0.29, 0.717) is 28.4 Å². The van der Waals surface area contributed by atoms with Gasteiger partial charge in [-0.15, -0.1) is 10.2 Å². The van der Waals surface area contributed by atoms with Gasteiger partial charge in [-0.1, -0.05) is 57.7 Å². The quantitative estimate of drug-likeness (QED) is 0.313. The van der Waals surface area contributed by atoms with Crippen LogP contribution in [0, 0.1) is 5.92 Å². The lowest BCUT2D eigenvalue weighted by Crippen LogP contribution is -2.17. The van der Waals surface area contributed by atoms with Crippen molar-refractivity contribution in [3.63, 3.8) is 0 Å². The van der Waals surface area contributed by atoms with Crippen LogP contribution in [0.5, 0.6) is 5.75 Å². The Morgan fingerprint density at radius 2 is 1.58 bits per heavy atom. The van der Waals surface area contributed by atoms with E-state index in [1.165, 1.54) is 18.7 Å². The molecule has 0 aliphatic heterocycles. The van der Waals surface area contributed by atoms with Crippen LogP contribution in [0.2, 0.25) is 0 Å². The number of nitrogens with one attached hydrogen (secondary N) is 2. The number of ether oxygens (including phenoxy) is 1. The number of hydrogen-bond acceptors (Lipinski definition) is 6. The van der Waals surface area contributed by atoms with Crippen LogP contribution >= 0.6 is 11.8 Å². The molecule has 0 bridgehead atoms. The third-order valence-electron chi connectivity index (χ3n) is 5.32. The van der Waals surface area contributed by atoms with Gasteiger partial charge in [0.1, 0.15) is 5.75 Å². The Morgan fingerprint density at radius 1 is 0.944 bits per heavy atom. The van der Waals surface area contributed by atoms with Crippen molar-refractivity contribution in [3.05, 3.63) is 59.9 Å². The van der Waals surface area contributed by atoms with Gasteiger partial charge >= 0.3 is 0 Å². The highest BCUT2D eigenvalue weighted by molar-refractivity contribution is 7.99. The molecule has 0 spiro atoms. The Labute approximate surface area is 217 Å². The minimum atomic E-state index is -0.304. The average Bonchev–Trinajstić information content (AvgIpc) is 3.20. The Hall–Kier alpha value is -3.33. The zero-order valence-corrected chi connectivity index (χ0v) is 22.6. The molecular weight excluding hydrogens is 474 g/mol. The van der Waals surface area contributed by atoms with E-state index in [1.54, 1.807) is 24.3 Å². The second kappa shape index (κ2) is 12.6. The lowest BCUT2D eigenvalue weighted by atomic mass is 10.0. The monoisotopic (exact) mass is 509 g/mol. The van der Waals surface area contributed by atoms with Gasteiger partial charge in [-0.2, -0.15) is 0 Å². The fraction of sp³-hybridized carbons (Fsp3) is 0.407. The molecule has 1 heterocycles. The van der Waals surface area contributed by atoms with E-state index in [-0.39, 0.29) is 23.7 Å². The fourth-order valence-electron chi connectivity index (χ4n) is 3.72. The summed E-state index contributed by atoms with van der Waals surface area (Å²) in [6, 6.07) is 15.0. The summed E-state index contributed by atoms with van der Waals surface area (Å²) in [7, 11) is 0. The zero-order chi connectivity index (χ0) is 26.2. The van der Waals surface area contributed by atoms with Crippen LogP contribution in [0.4, 0.5) is 11.4 Å². The molecule has 3 aromatic rings. The predicted octanol–water partition coefficient (Wildman–Crippen LogP) is 5.89. The number of anilines is 2. The van der Waals surface area contributed by atoms with Crippen LogP contribution in [-0.2, 0) is 16.1 Å². The highest BCUT2D eigenvalue weighted by atomic mass is 32.2. The van der Waals surface area contributed by atoms with E-state index < -0.39 is 0 Å². The molecule has 2 amide bonds. The number of carbonyl (C=O) groups excluding carboxylic acids is 2. The van der Waals surface area contributed by atoms with Crippen molar-refractivity contribution < 1.29 is 14.3 Å². The molecule has 192 valence electrons. The number of nitrogens with zero attached hydrogens (tertiary/aromatic N) is 3. The van der Waals surface area contributed by atoms with Crippen LogP contribution in [-0.4, -0.2) is 32.3 Å². The second-order valence-corrected chi connectivity index (χ2v) is 10.3. The first-order valence-corrected chi connectivity index (χ1v) is 13.1. The first-order chi connectivity index (χ1) is 17.1. The highest BCUT2D eigenvalue weighted by Crippen LogP contribution is 2.31. The van der Waals surface area contributed by atoms with Crippen molar-refractivity contribution in [2.45, 2.75) is 65.3 Å². The van der Waals surface area contributed by atoms with Crippen molar-refractivity contribution in [1.82, 2.24) is 14.8 Å². The van der Waals surface area contributed by atoms with Crippen molar-refractivity contribution in [3.8, 4) is 5.75 Å². The molecule has 0 saturated carbocycles. The number of amides is 2. The molecule has 0 radical (unpaired) electrons. The number of carbonyl (C=O) groups is 2. The van der Waals surface area contributed by atoms with E-state index >= 15 is 0 Å². The summed E-state index contributed by atoms with van der Waals surface area (Å²) >= 11 is 1.35. The standard InChI is InChI=1S/C27H35N5O3S/c1-17(2)15-32-26(19(5)35-24-10-8-7-9-23(24)18(3)4)30-31-27(32)36-16-25(34)29-22-13-11-21(12-14-22)28-20(6)33/h7-14,17-19H,15-16H2,1-6H3,(H,28,33)(H,29,34). The highest BCUT2D eigenvalue weighted by Gasteiger charge is 2.22. The number of hydrogen-bond donors (Lipinski definition) is 2. The average molecular weight is 510 g/mol. The third-order valence-corrected chi connectivity index (χ3v) is 6.29. The summed E-state index contributed by atoms with van der Waals surface area (Å²) in [4.78, 5) is 23.7. The smallest absolute Gasteiger partial charge is 0.234 e. The predicted molar refractivity (Wildman–Crippen MR) is 145 cm³/mol. The van der Waals surface area contributed by atoms with Crippen molar-refractivity contribution in [1.29, 1.82) is 0 Å². The van der Waals surface area contributed by atoms with Gasteiger partial charge in [0.05, 0.1) is 5.75 Å². The summed E-state index contributed by atoms with van der Waals surface area (Å²) in [6.07, 6.45) is -0.304.